The normalized spacial score (nSPS) is 15.9. The van der Waals surface area contributed by atoms with Gasteiger partial charge in [-0.3, -0.25) is 27.7 Å². The molecule has 17 heteroatoms. The summed E-state index contributed by atoms with van der Waals surface area (Å²) in [6.45, 7) is 0.199. The zero-order valence-corrected chi connectivity index (χ0v) is 41.4. The van der Waals surface area contributed by atoms with Gasteiger partial charge in [0.2, 0.25) is 0 Å². The monoisotopic (exact) mass is 973 g/mol. The number of ether oxygens (including phenoxy) is 2. The van der Waals surface area contributed by atoms with E-state index in [2.05, 4.69) is 105 Å². The van der Waals surface area contributed by atoms with Crippen LogP contribution in [0.25, 0.3) is 0 Å². The van der Waals surface area contributed by atoms with E-state index < -0.39 is 85.5 Å². The molecule has 0 saturated heterocycles. The molecule has 0 heterocycles. The Labute approximate surface area is 395 Å². The second-order valence-electron chi connectivity index (χ2n) is 15.4. The van der Waals surface area contributed by atoms with Gasteiger partial charge in [0.05, 0.1) is 26.4 Å². The first kappa shape index (κ1) is 63.0. The van der Waals surface area contributed by atoms with Gasteiger partial charge in [-0.25, -0.2) is 9.13 Å². The molecule has 0 fully saturated rings. The van der Waals surface area contributed by atoms with Crippen molar-refractivity contribution in [2.24, 2.45) is 0 Å². The van der Waals surface area contributed by atoms with Crippen molar-refractivity contribution in [3.8, 4) is 0 Å². The van der Waals surface area contributed by atoms with Crippen LogP contribution in [0.4, 0.5) is 0 Å². The van der Waals surface area contributed by atoms with E-state index in [0.717, 1.165) is 51.4 Å². The number of unbranched alkanes of at least 4 members (excludes halogenated alkanes) is 8. The zero-order valence-electron chi connectivity index (χ0n) is 39.6. The molecule has 4 unspecified atom stereocenters. The van der Waals surface area contributed by atoms with Gasteiger partial charge in [-0.2, -0.15) is 0 Å². The number of aliphatic hydroxyl groups is 3. The number of phosphoric acid groups is 2. The molecule has 0 bridgehead atoms. The topological polar surface area (TPSA) is 225 Å². The molecule has 0 amide bonds. The van der Waals surface area contributed by atoms with E-state index in [1.807, 2.05) is 24.3 Å². The minimum absolute atomic E-state index is 0.115. The van der Waals surface area contributed by atoms with Crippen LogP contribution in [-0.4, -0.2) is 95.0 Å². The van der Waals surface area contributed by atoms with Crippen LogP contribution < -0.4 is 0 Å². The van der Waals surface area contributed by atoms with Gasteiger partial charge in [0.1, 0.15) is 31.5 Å². The predicted molar refractivity (Wildman–Crippen MR) is 260 cm³/mol. The molecule has 66 heavy (non-hydrogen) atoms. The van der Waals surface area contributed by atoms with E-state index in [0.29, 0.717) is 25.7 Å². The van der Waals surface area contributed by atoms with Crippen molar-refractivity contribution in [1.82, 2.24) is 0 Å². The molecular weight excluding hydrogens is 890 g/mol. The van der Waals surface area contributed by atoms with E-state index in [1.165, 1.54) is 38.5 Å². The van der Waals surface area contributed by atoms with Gasteiger partial charge in [-0.05, 0) is 89.9 Å². The van der Waals surface area contributed by atoms with Crippen molar-refractivity contribution < 1.29 is 71.4 Å². The number of phosphoric ester groups is 2. The Kier molecular flexibility index (Phi) is 42.4. The summed E-state index contributed by atoms with van der Waals surface area (Å²) in [4.78, 5) is 43.7. The number of hydrogen-bond acceptors (Lipinski definition) is 13. The van der Waals surface area contributed by atoms with Gasteiger partial charge in [0, 0.05) is 12.8 Å². The highest BCUT2D eigenvalue weighted by molar-refractivity contribution is 7.47. The molecule has 0 aromatic heterocycles. The Bertz CT molecular complexity index is 1440. The summed E-state index contributed by atoms with van der Waals surface area (Å²) < 4.78 is 52.8. The second kappa shape index (κ2) is 44.5. The van der Waals surface area contributed by atoms with Crippen molar-refractivity contribution in [2.75, 3.05) is 39.6 Å². The lowest BCUT2D eigenvalue weighted by molar-refractivity contribution is -0.148. The van der Waals surface area contributed by atoms with E-state index in [1.54, 1.807) is 0 Å². The number of rotatable bonds is 44. The van der Waals surface area contributed by atoms with Crippen molar-refractivity contribution in [1.29, 1.82) is 0 Å². The van der Waals surface area contributed by atoms with Crippen molar-refractivity contribution in [2.45, 2.75) is 161 Å². The highest BCUT2D eigenvalue weighted by Crippen LogP contribution is 2.45. The molecule has 0 saturated carbocycles. The standard InChI is InChI=1S/C49H82O15P2/c1-3-5-7-9-11-13-15-17-19-21-23-25-27-29-31-33-35-37-48(53)59-39-45(50)41-61-65(55,56)63-43-47(52)44-64-66(57,58)62-42-46(51)40-60-49(54)38-36-34-32-30-28-26-24-22-20-18-16-14-12-10-8-6-4-2/h11-14,17-20,23-26,29-32,45-47,50-52H,3-10,15-16,21-22,27-28,33-44H2,1-2H3,(H,55,56)(H,57,58)/b13-11-,14-12-,19-17-,20-18-,25-23-,26-24-,31-29-,32-30-. The number of carbonyl (C=O) groups is 2. The Balaban J connectivity index is 4.03. The number of carbonyl (C=O) groups excluding carboxylic acids is 2. The Hall–Kier alpha value is -3.04. The van der Waals surface area contributed by atoms with Crippen LogP contribution in [0.5, 0.6) is 0 Å². The molecule has 0 aliphatic carbocycles. The van der Waals surface area contributed by atoms with E-state index in [-0.39, 0.29) is 12.8 Å². The first-order valence-electron chi connectivity index (χ1n) is 23.6. The van der Waals surface area contributed by atoms with Crippen molar-refractivity contribution in [3.05, 3.63) is 97.2 Å². The van der Waals surface area contributed by atoms with Crippen molar-refractivity contribution >= 4 is 27.6 Å². The van der Waals surface area contributed by atoms with Crippen LogP contribution in [0.1, 0.15) is 142 Å². The molecule has 0 radical (unpaired) electrons. The molecule has 5 N–H and O–H groups in total. The fourth-order valence-corrected chi connectivity index (χ4v) is 6.90. The maximum Gasteiger partial charge on any atom is 0.472 e. The van der Waals surface area contributed by atoms with Crippen LogP contribution in [0.15, 0.2) is 97.2 Å². The molecule has 0 spiro atoms. The van der Waals surface area contributed by atoms with Crippen LogP contribution in [-0.2, 0) is 46.3 Å². The quantitative estimate of drug-likeness (QED) is 0.0166. The van der Waals surface area contributed by atoms with E-state index in [4.69, 9.17) is 9.47 Å². The minimum atomic E-state index is -4.81. The SMILES string of the molecule is CCCCC/C=C\C/C=C\C/C=C\C/C=C\CCCC(=O)OCC(O)COP(=O)(O)OCC(O)COP(=O)(O)OCC(O)COC(=O)CCC/C=C\C/C=C\C/C=C\C/C=C\CCCCC. The summed E-state index contributed by atoms with van der Waals surface area (Å²) in [5.41, 5.74) is 0. The molecule has 4 atom stereocenters. The Morgan fingerprint density at radius 2 is 0.636 bits per heavy atom. The summed E-state index contributed by atoms with van der Waals surface area (Å²) in [7, 11) is -9.61. The maximum absolute atomic E-state index is 12.1. The third kappa shape index (κ3) is 46.1. The highest BCUT2D eigenvalue weighted by Gasteiger charge is 2.28. The van der Waals surface area contributed by atoms with Gasteiger partial charge < -0.3 is 34.6 Å². The van der Waals surface area contributed by atoms with Gasteiger partial charge in [-0.15, -0.1) is 0 Å². The fourth-order valence-electron chi connectivity index (χ4n) is 5.31. The third-order valence-electron chi connectivity index (χ3n) is 9.01. The second-order valence-corrected chi connectivity index (χ2v) is 18.3. The largest absolute Gasteiger partial charge is 0.472 e. The Morgan fingerprint density at radius 3 is 0.909 bits per heavy atom. The summed E-state index contributed by atoms with van der Waals surface area (Å²) >= 11 is 0. The fraction of sp³-hybridized carbons (Fsp3) is 0.633. The highest BCUT2D eigenvalue weighted by atomic mass is 31.2. The molecule has 378 valence electrons. The molecule has 0 aliphatic heterocycles. The minimum Gasteiger partial charge on any atom is -0.463 e. The molecule has 0 aliphatic rings. The first-order valence-corrected chi connectivity index (χ1v) is 26.6. The molecule has 0 rings (SSSR count). The van der Waals surface area contributed by atoms with Crippen LogP contribution in [0.3, 0.4) is 0 Å². The summed E-state index contributed by atoms with van der Waals surface area (Å²) in [5, 5.41) is 30.0. The number of esters is 2. The Morgan fingerprint density at radius 1 is 0.394 bits per heavy atom. The number of allylic oxidation sites excluding steroid dienone is 16. The zero-order chi connectivity index (χ0) is 48.8. The van der Waals surface area contributed by atoms with E-state index >= 15 is 0 Å². The van der Waals surface area contributed by atoms with Gasteiger partial charge >= 0.3 is 27.6 Å². The lowest BCUT2D eigenvalue weighted by atomic mass is 10.2. The molecule has 15 nitrogen and oxygen atoms in total. The summed E-state index contributed by atoms with van der Waals surface area (Å²) in [6, 6.07) is 0. The van der Waals surface area contributed by atoms with Gasteiger partial charge in [0.15, 0.2) is 0 Å². The summed E-state index contributed by atoms with van der Waals surface area (Å²) in [5.74, 6) is -1.11. The first-order chi connectivity index (χ1) is 31.8. The van der Waals surface area contributed by atoms with Crippen molar-refractivity contribution in [3.63, 3.8) is 0 Å². The van der Waals surface area contributed by atoms with Gasteiger partial charge in [0.25, 0.3) is 0 Å². The lowest BCUT2D eigenvalue weighted by Crippen LogP contribution is -2.25. The lowest BCUT2D eigenvalue weighted by Gasteiger charge is -2.19. The van der Waals surface area contributed by atoms with Crippen LogP contribution >= 0.6 is 15.6 Å². The van der Waals surface area contributed by atoms with Crippen LogP contribution in [0, 0.1) is 0 Å². The molecule has 0 aromatic rings. The maximum atomic E-state index is 12.1. The smallest absolute Gasteiger partial charge is 0.463 e. The molecule has 0 aromatic carbocycles. The molecular formula is C49H82O15P2. The van der Waals surface area contributed by atoms with Crippen LogP contribution in [0.2, 0.25) is 0 Å². The third-order valence-corrected chi connectivity index (χ3v) is 10.9. The van der Waals surface area contributed by atoms with E-state index in [9.17, 15) is 43.8 Å². The summed E-state index contributed by atoms with van der Waals surface area (Å²) in [6.07, 6.45) is 46.9. The number of aliphatic hydroxyl groups excluding tert-OH is 3. The average molecular weight is 973 g/mol. The predicted octanol–water partition coefficient (Wildman–Crippen LogP) is 10.7. The van der Waals surface area contributed by atoms with Gasteiger partial charge in [-0.1, -0.05) is 137 Å². The number of hydrogen-bond donors (Lipinski definition) is 5. The average Bonchev–Trinajstić information content (AvgIpc) is 3.29.